The van der Waals surface area contributed by atoms with Crippen LogP contribution in [0.4, 0.5) is 10.5 Å². The molecule has 0 atom stereocenters. The monoisotopic (exact) mass is 810 g/mol. The number of nitro groups is 1. The molecule has 304 valence electrons. The third kappa shape index (κ3) is 9.74. The molecule has 14 nitrogen and oxygen atoms in total. The number of amides is 1. The molecule has 0 aliphatic rings. The minimum Gasteiger partial charge on any atom is -0.496 e. The first-order valence-corrected chi connectivity index (χ1v) is 18.2. The summed E-state index contributed by atoms with van der Waals surface area (Å²) in [6, 6.07) is 35.9. The Morgan fingerprint density at radius 3 is 1.58 bits per heavy atom. The molecule has 0 fully saturated rings. The van der Waals surface area contributed by atoms with Crippen LogP contribution in [0.3, 0.4) is 0 Å². The normalized spacial score (nSPS) is 10.5. The van der Waals surface area contributed by atoms with Crippen LogP contribution >= 0.6 is 0 Å². The number of ether oxygens (including phenoxy) is 6. The Bertz CT molecular complexity index is 2510. The van der Waals surface area contributed by atoms with Crippen molar-refractivity contribution in [3.8, 4) is 50.6 Å². The second-order valence-electron chi connectivity index (χ2n) is 13.0. The smallest absolute Gasteiger partial charge is 0.496 e. The van der Waals surface area contributed by atoms with Crippen molar-refractivity contribution in [2.45, 2.75) is 13.2 Å². The summed E-state index contributed by atoms with van der Waals surface area (Å²) in [5.74, 6) is -0.997. The molecule has 0 radical (unpaired) electrons. The molecule has 0 unspecified atom stereocenters. The highest BCUT2D eigenvalue weighted by Gasteiger charge is 2.22. The maximum Gasteiger partial charge on any atom is 0.514 e. The maximum absolute atomic E-state index is 14.0. The van der Waals surface area contributed by atoms with Crippen molar-refractivity contribution in [3.05, 3.63) is 165 Å². The van der Waals surface area contributed by atoms with Crippen LogP contribution in [0.1, 0.15) is 42.2 Å². The molecule has 6 aromatic carbocycles. The highest BCUT2D eigenvalue weighted by atomic mass is 16.7. The van der Waals surface area contributed by atoms with Crippen LogP contribution in [0.15, 0.2) is 127 Å². The Kier molecular flexibility index (Phi) is 13.2. The number of esters is 2. The first-order chi connectivity index (χ1) is 29.0. The predicted molar refractivity (Wildman–Crippen MR) is 220 cm³/mol. The number of carbonyl (C=O) groups is 4. The number of carbonyl (C=O) groups excluding carboxylic acids is 4. The highest BCUT2D eigenvalue weighted by molar-refractivity contribution is 6.00. The lowest BCUT2D eigenvalue weighted by Crippen LogP contribution is -2.24. The summed E-state index contributed by atoms with van der Waals surface area (Å²) in [7, 11) is 5.44. The van der Waals surface area contributed by atoms with Crippen LogP contribution in [-0.4, -0.2) is 57.4 Å². The summed E-state index contributed by atoms with van der Waals surface area (Å²) in [5.41, 5.74) is 7.27. The highest BCUT2D eigenvalue weighted by Crippen LogP contribution is 2.34. The van der Waals surface area contributed by atoms with E-state index in [1.807, 2.05) is 66.7 Å². The van der Waals surface area contributed by atoms with E-state index in [0.717, 1.165) is 38.9 Å². The van der Waals surface area contributed by atoms with E-state index < -0.39 is 28.9 Å². The van der Waals surface area contributed by atoms with Gasteiger partial charge in [-0.05, 0) is 99.1 Å². The number of non-ortho nitro benzene ring substituents is 1. The second kappa shape index (κ2) is 19.0. The average molecular weight is 811 g/mol. The molecule has 60 heavy (non-hydrogen) atoms. The topological polar surface area (TPSA) is 179 Å². The van der Waals surface area contributed by atoms with E-state index in [1.165, 1.54) is 64.8 Å². The van der Waals surface area contributed by atoms with Crippen LogP contribution in [0.2, 0.25) is 0 Å². The maximum atomic E-state index is 14.0. The average Bonchev–Trinajstić information content (AvgIpc) is 3.29. The fourth-order valence-electron chi connectivity index (χ4n) is 6.32. The van der Waals surface area contributed by atoms with Crippen molar-refractivity contribution in [3.63, 3.8) is 0 Å². The number of nitro benzene ring substituents is 1. The van der Waals surface area contributed by atoms with Crippen molar-refractivity contribution in [2.75, 3.05) is 28.4 Å². The van der Waals surface area contributed by atoms with Crippen molar-refractivity contribution in [1.29, 1.82) is 0 Å². The summed E-state index contributed by atoms with van der Waals surface area (Å²) in [6.07, 6.45) is -1.05. The van der Waals surface area contributed by atoms with Gasteiger partial charge in [-0.15, -0.1) is 0 Å². The third-order valence-corrected chi connectivity index (χ3v) is 9.42. The van der Waals surface area contributed by atoms with Gasteiger partial charge in [0.15, 0.2) is 0 Å². The van der Waals surface area contributed by atoms with Crippen molar-refractivity contribution < 1.29 is 52.5 Å². The molecule has 0 bridgehead atoms. The molecule has 0 saturated heterocycles. The van der Waals surface area contributed by atoms with Gasteiger partial charge in [0.1, 0.15) is 29.4 Å². The van der Waals surface area contributed by atoms with Crippen LogP contribution < -0.4 is 19.5 Å². The number of rotatable bonds is 14. The Morgan fingerprint density at radius 2 is 1.08 bits per heavy atom. The van der Waals surface area contributed by atoms with Gasteiger partial charge in [0.05, 0.1) is 44.5 Å². The first kappa shape index (κ1) is 41.6. The molecule has 0 heterocycles. The number of benzene rings is 6. The van der Waals surface area contributed by atoms with Crippen molar-refractivity contribution >= 4 is 29.7 Å². The van der Waals surface area contributed by atoms with Gasteiger partial charge in [0.2, 0.25) is 0 Å². The van der Waals surface area contributed by atoms with Gasteiger partial charge in [-0.1, -0.05) is 60.7 Å². The summed E-state index contributed by atoms with van der Waals surface area (Å²) in [6.45, 7) is -0.181. The van der Waals surface area contributed by atoms with E-state index in [0.29, 0.717) is 16.7 Å². The van der Waals surface area contributed by atoms with Gasteiger partial charge < -0.3 is 33.7 Å². The van der Waals surface area contributed by atoms with Gasteiger partial charge in [-0.25, -0.2) is 14.4 Å². The molecule has 0 aromatic heterocycles. The molecule has 14 heteroatoms. The zero-order chi connectivity index (χ0) is 42.8. The summed E-state index contributed by atoms with van der Waals surface area (Å²) < 4.78 is 31.2. The largest absolute Gasteiger partial charge is 0.514 e. The molecule has 1 N–H and O–H groups in total. The van der Waals surface area contributed by atoms with Gasteiger partial charge in [0.25, 0.3) is 11.6 Å². The minimum atomic E-state index is -1.05. The molecule has 6 aromatic rings. The number of hydrogen-bond acceptors (Lipinski definition) is 12. The minimum absolute atomic E-state index is 0.0545. The van der Waals surface area contributed by atoms with Gasteiger partial charge in [0, 0.05) is 18.7 Å². The third-order valence-electron chi connectivity index (χ3n) is 9.42. The van der Waals surface area contributed by atoms with E-state index in [2.05, 4.69) is 5.32 Å². The number of nitrogens with zero attached hydrogens (tertiary/aromatic N) is 1. The Labute approximate surface area is 344 Å². The zero-order valence-corrected chi connectivity index (χ0v) is 32.9. The zero-order valence-electron chi connectivity index (χ0n) is 32.9. The lowest BCUT2D eigenvalue weighted by atomic mass is 9.93. The van der Waals surface area contributed by atoms with Crippen LogP contribution in [0.5, 0.6) is 17.2 Å². The molecular weight excluding hydrogens is 773 g/mol. The lowest BCUT2D eigenvalue weighted by Gasteiger charge is -2.17. The Morgan fingerprint density at radius 1 is 0.600 bits per heavy atom. The first-order valence-electron chi connectivity index (χ1n) is 18.2. The SMILES string of the molecule is COC(=O)c1ccc(-c2ccc(-c3ccc(-c4ccc(C(=O)OC)cc4)cc3CNC(=O)c3c(OC)cc(COC(=O)Oc4ccc([N+](=O)[O-])cc4)cc3OC)cc2)cc1. The van der Waals surface area contributed by atoms with Crippen molar-refractivity contribution in [2.24, 2.45) is 0 Å². The molecule has 0 aliphatic carbocycles. The quantitative estimate of drug-likeness (QED) is 0.0364. The van der Waals surface area contributed by atoms with E-state index >= 15 is 0 Å². The fourth-order valence-corrected chi connectivity index (χ4v) is 6.32. The number of nitrogens with one attached hydrogen (secondary N) is 1. The van der Waals surface area contributed by atoms with Gasteiger partial charge in [-0.2, -0.15) is 0 Å². The van der Waals surface area contributed by atoms with E-state index in [9.17, 15) is 29.3 Å². The summed E-state index contributed by atoms with van der Waals surface area (Å²) in [5, 5.41) is 13.9. The van der Waals surface area contributed by atoms with Crippen LogP contribution in [0.25, 0.3) is 33.4 Å². The standard InChI is InChI=1S/C46H38N2O12/c1-55-40-23-28(27-59-46(52)60-38-20-18-37(19-21-38)48(53)54)24-41(56-2)42(40)43(49)47-26-36-25-35(31-9-15-34(16-10-31)45(51)58-4)17-22-39(36)32-11-5-29(6-12-32)30-7-13-33(14-8-30)44(50)57-3/h5-25H,26-27H2,1-4H3,(H,47,49). The van der Waals surface area contributed by atoms with Crippen LogP contribution in [0, 0.1) is 10.1 Å². The van der Waals surface area contributed by atoms with Gasteiger partial charge >= 0.3 is 18.1 Å². The molecule has 0 saturated carbocycles. The number of methoxy groups -OCH3 is 4. The molecule has 6 rings (SSSR count). The second-order valence-corrected chi connectivity index (χ2v) is 13.0. The lowest BCUT2D eigenvalue weighted by molar-refractivity contribution is -0.384. The predicted octanol–water partition coefficient (Wildman–Crippen LogP) is 8.83. The molecule has 1 amide bonds. The van der Waals surface area contributed by atoms with E-state index in [-0.39, 0.29) is 41.7 Å². The van der Waals surface area contributed by atoms with Gasteiger partial charge in [-0.3, -0.25) is 14.9 Å². The van der Waals surface area contributed by atoms with E-state index in [4.69, 9.17) is 28.4 Å². The number of hydrogen-bond donors (Lipinski definition) is 1. The fraction of sp³-hybridized carbons (Fsp3) is 0.130. The summed E-state index contributed by atoms with van der Waals surface area (Å²) >= 11 is 0. The van der Waals surface area contributed by atoms with E-state index in [1.54, 1.807) is 24.3 Å². The summed E-state index contributed by atoms with van der Waals surface area (Å²) in [4.78, 5) is 60.7. The van der Waals surface area contributed by atoms with Crippen LogP contribution in [-0.2, 0) is 27.4 Å². The molecule has 0 aliphatic heterocycles. The Hall–Kier alpha value is -8.00. The van der Waals surface area contributed by atoms with Crippen molar-refractivity contribution in [1.82, 2.24) is 5.32 Å². The molecular formula is C46H38N2O12. The molecule has 0 spiro atoms. The Balaban J connectivity index is 1.24.